The zero-order valence-corrected chi connectivity index (χ0v) is 14.7. The zero-order valence-electron chi connectivity index (χ0n) is 13.9. The quantitative estimate of drug-likeness (QED) is 0.832. The van der Waals surface area contributed by atoms with E-state index >= 15 is 0 Å². The van der Waals surface area contributed by atoms with E-state index in [0.29, 0.717) is 6.61 Å². The fourth-order valence-corrected chi connectivity index (χ4v) is 4.54. The van der Waals surface area contributed by atoms with E-state index in [-0.39, 0.29) is 11.7 Å². The van der Waals surface area contributed by atoms with E-state index in [9.17, 15) is 0 Å². The second kappa shape index (κ2) is 7.31. The smallest absolute Gasteiger partial charge is 0.107 e. The zero-order chi connectivity index (χ0) is 16.2. The first kappa shape index (κ1) is 16.2. The number of aromatic nitrogens is 1. The highest BCUT2D eigenvalue weighted by molar-refractivity contribution is 7.09. The molecular formula is C19H24N2O2S. The van der Waals surface area contributed by atoms with Gasteiger partial charge in [0.05, 0.1) is 19.3 Å². The Morgan fingerprint density at radius 1 is 1.33 bits per heavy atom. The van der Waals surface area contributed by atoms with Crippen molar-refractivity contribution >= 4 is 11.3 Å². The number of piperidine rings is 1. The van der Waals surface area contributed by atoms with E-state index in [2.05, 4.69) is 34.1 Å². The molecular weight excluding hydrogens is 320 g/mol. The highest BCUT2D eigenvalue weighted by atomic mass is 32.1. The van der Waals surface area contributed by atoms with Crippen LogP contribution >= 0.6 is 11.3 Å². The molecule has 1 spiro atoms. The van der Waals surface area contributed by atoms with Crippen LogP contribution in [0.2, 0.25) is 0 Å². The third-order valence-electron chi connectivity index (χ3n) is 5.06. The number of ether oxygens (including phenoxy) is 2. The van der Waals surface area contributed by atoms with E-state index in [1.54, 1.807) is 11.3 Å². The lowest BCUT2D eigenvalue weighted by Gasteiger charge is -2.45. The Bertz CT molecular complexity index is 626. The largest absolute Gasteiger partial charge is 0.371 e. The summed E-state index contributed by atoms with van der Waals surface area (Å²) in [6.45, 7) is 4.45. The van der Waals surface area contributed by atoms with Gasteiger partial charge in [0.15, 0.2) is 0 Å². The fourth-order valence-electron chi connectivity index (χ4n) is 3.88. The standard InChI is InChI=1S/C19H24N2O2S/c1-2-5-16(6-3-1)14-22-17-7-10-21(13-18-20-9-12-24-18)15-19(17)8-4-11-23-19/h1-3,5-6,9,12,17H,4,7-8,10-11,13-15H2/t17-,19-/m0/s1. The maximum absolute atomic E-state index is 6.33. The summed E-state index contributed by atoms with van der Waals surface area (Å²) in [4.78, 5) is 6.90. The summed E-state index contributed by atoms with van der Waals surface area (Å²) in [5.74, 6) is 0. The van der Waals surface area contributed by atoms with Gasteiger partial charge >= 0.3 is 0 Å². The van der Waals surface area contributed by atoms with Crippen LogP contribution in [0, 0.1) is 0 Å². The Kier molecular flexibility index (Phi) is 4.94. The minimum atomic E-state index is -0.135. The van der Waals surface area contributed by atoms with Crippen molar-refractivity contribution in [1.82, 2.24) is 9.88 Å². The minimum absolute atomic E-state index is 0.135. The maximum Gasteiger partial charge on any atom is 0.107 e. The Balaban J connectivity index is 1.41. The molecule has 2 aliphatic rings. The van der Waals surface area contributed by atoms with Crippen LogP contribution in [-0.4, -0.2) is 41.3 Å². The number of rotatable bonds is 5. The number of benzene rings is 1. The van der Waals surface area contributed by atoms with Crippen molar-refractivity contribution in [3.05, 3.63) is 52.5 Å². The van der Waals surface area contributed by atoms with Crippen LogP contribution in [0.5, 0.6) is 0 Å². The van der Waals surface area contributed by atoms with Crippen LogP contribution < -0.4 is 0 Å². The van der Waals surface area contributed by atoms with Crippen LogP contribution in [0.3, 0.4) is 0 Å². The average molecular weight is 344 g/mol. The van der Waals surface area contributed by atoms with Crippen LogP contribution in [0.1, 0.15) is 29.8 Å². The lowest BCUT2D eigenvalue weighted by molar-refractivity contribution is -0.160. The van der Waals surface area contributed by atoms with E-state index < -0.39 is 0 Å². The van der Waals surface area contributed by atoms with Crippen molar-refractivity contribution in [3.8, 4) is 0 Å². The molecule has 0 radical (unpaired) electrons. The molecule has 128 valence electrons. The predicted molar refractivity (Wildman–Crippen MR) is 94.9 cm³/mol. The van der Waals surface area contributed by atoms with Crippen molar-refractivity contribution in [1.29, 1.82) is 0 Å². The summed E-state index contributed by atoms with van der Waals surface area (Å²) < 4.78 is 12.6. The summed E-state index contributed by atoms with van der Waals surface area (Å²) >= 11 is 1.73. The topological polar surface area (TPSA) is 34.6 Å². The Hall–Kier alpha value is -1.27. The van der Waals surface area contributed by atoms with Crippen LogP contribution in [0.4, 0.5) is 0 Å². The lowest BCUT2D eigenvalue weighted by Crippen LogP contribution is -2.57. The second-order valence-corrected chi connectivity index (χ2v) is 7.71. The number of thiazole rings is 1. The van der Waals surface area contributed by atoms with Gasteiger partial charge in [0.1, 0.15) is 10.6 Å². The molecule has 0 bridgehead atoms. The van der Waals surface area contributed by atoms with Crippen molar-refractivity contribution < 1.29 is 9.47 Å². The van der Waals surface area contributed by atoms with Gasteiger partial charge in [-0.2, -0.15) is 0 Å². The molecule has 2 saturated heterocycles. The molecule has 24 heavy (non-hydrogen) atoms. The van der Waals surface area contributed by atoms with Gasteiger partial charge < -0.3 is 9.47 Å². The van der Waals surface area contributed by atoms with Gasteiger partial charge in [0.2, 0.25) is 0 Å². The molecule has 0 unspecified atom stereocenters. The van der Waals surface area contributed by atoms with Gasteiger partial charge in [-0.15, -0.1) is 11.3 Å². The Morgan fingerprint density at radius 3 is 3.00 bits per heavy atom. The van der Waals surface area contributed by atoms with Crippen molar-refractivity contribution in [2.75, 3.05) is 19.7 Å². The minimum Gasteiger partial charge on any atom is -0.371 e. The van der Waals surface area contributed by atoms with Gasteiger partial charge in [-0.05, 0) is 24.8 Å². The Labute approximate surface area is 147 Å². The van der Waals surface area contributed by atoms with Gasteiger partial charge in [0, 0.05) is 31.3 Å². The SMILES string of the molecule is c1ccc(CO[C@H]2CCN(Cc3nccs3)C[C@@]23CCCO3)cc1. The predicted octanol–water partition coefficient (Wildman–Crippen LogP) is 3.48. The number of hydrogen-bond acceptors (Lipinski definition) is 5. The van der Waals surface area contributed by atoms with Crippen LogP contribution in [0.15, 0.2) is 41.9 Å². The molecule has 5 heteroatoms. The summed E-state index contributed by atoms with van der Waals surface area (Å²) in [5, 5.41) is 3.24. The summed E-state index contributed by atoms with van der Waals surface area (Å²) in [6.07, 6.45) is 5.33. The molecule has 2 aliphatic heterocycles. The van der Waals surface area contributed by atoms with Crippen LogP contribution in [-0.2, 0) is 22.6 Å². The molecule has 4 nitrogen and oxygen atoms in total. The molecule has 1 aromatic carbocycles. The fraction of sp³-hybridized carbons (Fsp3) is 0.526. The highest BCUT2D eigenvalue weighted by Crippen LogP contribution is 2.37. The average Bonchev–Trinajstić information content (AvgIpc) is 3.28. The van der Waals surface area contributed by atoms with Gasteiger partial charge in [-0.25, -0.2) is 4.98 Å². The van der Waals surface area contributed by atoms with Crippen molar-refractivity contribution in [2.24, 2.45) is 0 Å². The van der Waals surface area contributed by atoms with Gasteiger partial charge in [-0.1, -0.05) is 30.3 Å². The molecule has 0 saturated carbocycles. The first-order valence-corrected chi connectivity index (χ1v) is 9.62. The lowest BCUT2D eigenvalue weighted by atomic mass is 9.86. The first-order valence-electron chi connectivity index (χ1n) is 8.74. The van der Waals surface area contributed by atoms with E-state index in [1.165, 1.54) is 10.6 Å². The van der Waals surface area contributed by atoms with Gasteiger partial charge in [0.25, 0.3) is 0 Å². The van der Waals surface area contributed by atoms with Crippen LogP contribution in [0.25, 0.3) is 0 Å². The molecule has 2 fully saturated rings. The first-order chi connectivity index (χ1) is 11.8. The third kappa shape index (κ3) is 3.54. The number of likely N-dealkylation sites (tertiary alicyclic amines) is 1. The summed E-state index contributed by atoms with van der Waals surface area (Å²) in [7, 11) is 0. The normalized spacial score (nSPS) is 27.8. The molecule has 2 aromatic rings. The van der Waals surface area contributed by atoms with E-state index in [0.717, 1.165) is 45.5 Å². The molecule has 1 aromatic heterocycles. The molecule has 0 amide bonds. The monoisotopic (exact) mass is 344 g/mol. The molecule has 2 atom stereocenters. The second-order valence-electron chi connectivity index (χ2n) is 6.73. The van der Waals surface area contributed by atoms with E-state index in [4.69, 9.17) is 9.47 Å². The van der Waals surface area contributed by atoms with Crippen molar-refractivity contribution in [3.63, 3.8) is 0 Å². The molecule has 0 N–H and O–H groups in total. The Morgan fingerprint density at radius 2 is 2.25 bits per heavy atom. The van der Waals surface area contributed by atoms with E-state index in [1.807, 2.05) is 17.6 Å². The maximum atomic E-state index is 6.33. The van der Waals surface area contributed by atoms with Crippen molar-refractivity contribution in [2.45, 2.75) is 44.1 Å². The molecule has 4 rings (SSSR count). The van der Waals surface area contributed by atoms with Gasteiger partial charge in [-0.3, -0.25) is 4.90 Å². The molecule has 0 aliphatic carbocycles. The molecule has 3 heterocycles. The number of hydrogen-bond donors (Lipinski definition) is 0. The summed E-state index contributed by atoms with van der Waals surface area (Å²) in [6, 6.07) is 10.4. The third-order valence-corrected chi connectivity index (χ3v) is 5.82. The summed E-state index contributed by atoms with van der Waals surface area (Å²) in [5.41, 5.74) is 1.10. The highest BCUT2D eigenvalue weighted by Gasteiger charge is 2.47. The number of nitrogens with zero attached hydrogens (tertiary/aromatic N) is 2.